The monoisotopic (exact) mass is 364 g/mol. The number of carbonyl (C=O) groups is 1. The highest BCUT2D eigenvalue weighted by atomic mass is 16.5. The fourth-order valence-electron chi connectivity index (χ4n) is 2.82. The quantitative estimate of drug-likeness (QED) is 0.647. The Kier molecular flexibility index (Phi) is 6.26. The highest BCUT2D eigenvalue weighted by molar-refractivity contribution is 5.75. The lowest BCUT2D eigenvalue weighted by Gasteiger charge is -2.04. The number of amides is 1. The molecule has 0 aliphatic heterocycles. The van der Waals surface area contributed by atoms with Crippen LogP contribution in [0, 0.1) is 6.92 Å². The van der Waals surface area contributed by atoms with Gasteiger partial charge in [0.2, 0.25) is 11.8 Å². The van der Waals surface area contributed by atoms with E-state index in [9.17, 15) is 4.79 Å². The highest BCUT2D eigenvalue weighted by Crippen LogP contribution is 2.24. The zero-order valence-corrected chi connectivity index (χ0v) is 15.7. The lowest BCUT2D eigenvalue weighted by atomic mass is 10.1. The van der Waals surface area contributed by atoms with E-state index < -0.39 is 0 Å². The van der Waals surface area contributed by atoms with Crippen molar-refractivity contribution < 1.29 is 13.9 Å². The number of methoxy groups -OCH3 is 1. The predicted molar refractivity (Wildman–Crippen MR) is 104 cm³/mol. The predicted octanol–water partition coefficient (Wildman–Crippen LogP) is 4.30. The van der Waals surface area contributed by atoms with E-state index in [1.165, 1.54) is 0 Å². The fourth-order valence-corrected chi connectivity index (χ4v) is 2.82. The van der Waals surface area contributed by atoms with Crippen molar-refractivity contribution in [2.45, 2.75) is 32.7 Å². The van der Waals surface area contributed by atoms with Crippen molar-refractivity contribution in [3.05, 3.63) is 71.6 Å². The number of carbonyl (C=O) groups excluding carboxylic acids is 1. The Morgan fingerprint density at radius 3 is 2.56 bits per heavy atom. The second-order valence-corrected chi connectivity index (χ2v) is 6.37. The number of rotatable bonds is 8. The maximum absolute atomic E-state index is 12.0. The number of nitrogens with zero attached hydrogens (tertiary/aromatic N) is 1. The number of benzene rings is 2. The molecule has 1 N–H and O–H groups in total. The number of hydrogen-bond acceptors (Lipinski definition) is 4. The molecule has 5 nitrogen and oxygen atoms in total. The summed E-state index contributed by atoms with van der Waals surface area (Å²) in [5.74, 6) is 2.24. The van der Waals surface area contributed by atoms with Crippen molar-refractivity contribution >= 4 is 5.91 Å². The van der Waals surface area contributed by atoms with Gasteiger partial charge in [0.05, 0.1) is 12.8 Å². The second kappa shape index (κ2) is 9.03. The minimum absolute atomic E-state index is 0.0513. The summed E-state index contributed by atoms with van der Waals surface area (Å²) in [6.07, 6.45) is 1.91. The van der Waals surface area contributed by atoms with Crippen molar-refractivity contribution in [2.24, 2.45) is 0 Å². The van der Waals surface area contributed by atoms with Crippen LogP contribution in [0.3, 0.4) is 0 Å². The van der Waals surface area contributed by atoms with Gasteiger partial charge in [0.1, 0.15) is 11.5 Å². The molecule has 2 aromatic carbocycles. The summed E-state index contributed by atoms with van der Waals surface area (Å²) in [6, 6.07) is 17.5. The van der Waals surface area contributed by atoms with E-state index in [0.29, 0.717) is 25.3 Å². The zero-order valence-electron chi connectivity index (χ0n) is 15.7. The van der Waals surface area contributed by atoms with Crippen LogP contribution in [0.5, 0.6) is 5.75 Å². The molecule has 0 aliphatic rings. The number of aryl methyl sites for hydroxylation is 2. The van der Waals surface area contributed by atoms with Crippen LogP contribution in [0.1, 0.15) is 29.9 Å². The Labute approximate surface area is 159 Å². The average molecular weight is 364 g/mol. The Morgan fingerprint density at radius 1 is 1.11 bits per heavy atom. The molecule has 0 radical (unpaired) electrons. The third-order valence-corrected chi connectivity index (χ3v) is 4.38. The molecule has 0 atom stereocenters. The highest BCUT2D eigenvalue weighted by Gasteiger charge is 2.12. The lowest BCUT2D eigenvalue weighted by Crippen LogP contribution is -2.22. The average Bonchev–Trinajstić information content (AvgIpc) is 3.08. The van der Waals surface area contributed by atoms with Gasteiger partial charge in [0, 0.05) is 18.5 Å². The van der Waals surface area contributed by atoms with Gasteiger partial charge in [-0.15, -0.1) is 0 Å². The number of hydrogen-bond donors (Lipinski definition) is 1. The van der Waals surface area contributed by atoms with Gasteiger partial charge in [-0.05, 0) is 49.6 Å². The Morgan fingerprint density at radius 2 is 1.85 bits per heavy atom. The molecule has 0 bridgehead atoms. The summed E-state index contributed by atoms with van der Waals surface area (Å²) in [4.78, 5) is 16.6. The first kappa shape index (κ1) is 18.7. The smallest absolute Gasteiger partial charge is 0.226 e. The van der Waals surface area contributed by atoms with Crippen LogP contribution in [-0.2, 0) is 17.8 Å². The minimum Gasteiger partial charge on any atom is -0.497 e. The number of oxazole rings is 1. The molecule has 0 unspecified atom stereocenters. The van der Waals surface area contributed by atoms with Gasteiger partial charge in [-0.3, -0.25) is 4.79 Å². The third-order valence-electron chi connectivity index (χ3n) is 4.38. The first-order chi connectivity index (χ1) is 13.2. The van der Waals surface area contributed by atoms with Crippen molar-refractivity contribution in [3.63, 3.8) is 0 Å². The Balaban J connectivity index is 1.49. The standard InChI is InChI=1S/C22H24N2O3/c1-16-20(24-22(27-16)18-11-13-19(26-2)14-12-18)9-6-10-21(25)23-15-17-7-4-3-5-8-17/h3-5,7-8,11-14H,6,9-10,15H2,1-2H3,(H,23,25). The summed E-state index contributed by atoms with van der Waals surface area (Å²) < 4.78 is 11.0. The van der Waals surface area contributed by atoms with E-state index in [2.05, 4.69) is 10.3 Å². The zero-order chi connectivity index (χ0) is 19.1. The van der Waals surface area contributed by atoms with Gasteiger partial charge in [-0.1, -0.05) is 30.3 Å². The molecular formula is C22H24N2O3. The first-order valence-electron chi connectivity index (χ1n) is 9.07. The van der Waals surface area contributed by atoms with E-state index in [-0.39, 0.29) is 5.91 Å². The van der Waals surface area contributed by atoms with Gasteiger partial charge in [-0.25, -0.2) is 4.98 Å². The van der Waals surface area contributed by atoms with Crippen LogP contribution in [0.2, 0.25) is 0 Å². The van der Waals surface area contributed by atoms with Gasteiger partial charge < -0.3 is 14.5 Å². The number of nitrogens with one attached hydrogen (secondary N) is 1. The molecule has 0 saturated carbocycles. The molecule has 3 aromatic rings. The molecule has 1 heterocycles. The normalized spacial score (nSPS) is 10.6. The van der Waals surface area contributed by atoms with Crippen LogP contribution < -0.4 is 10.1 Å². The second-order valence-electron chi connectivity index (χ2n) is 6.37. The SMILES string of the molecule is COc1ccc(-c2nc(CCCC(=O)NCc3ccccc3)c(C)o2)cc1. The van der Waals surface area contributed by atoms with Crippen molar-refractivity contribution in [2.75, 3.05) is 7.11 Å². The minimum atomic E-state index is 0.0513. The Bertz CT molecular complexity index is 870. The summed E-state index contributed by atoms with van der Waals surface area (Å²) in [6.45, 7) is 2.47. The summed E-state index contributed by atoms with van der Waals surface area (Å²) in [7, 11) is 1.64. The van der Waals surface area contributed by atoms with E-state index in [0.717, 1.165) is 34.8 Å². The lowest BCUT2D eigenvalue weighted by molar-refractivity contribution is -0.121. The molecule has 1 aromatic heterocycles. The van der Waals surface area contributed by atoms with Crippen LogP contribution in [0.25, 0.3) is 11.5 Å². The molecule has 0 spiro atoms. The van der Waals surface area contributed by atoms with Gasteiger partial charge in [0.25, 0.3) is 0 Å². The summed E-state index contributed by atoms with van der Waals surface area (Å²) >= 11 is 0. The number of aromatic nitrogens is 1. The Hall–Kier alpha value is -3.08. The summed E-state index contributed by atoms with van der Waals surface area (Å²) in [5.41, 5.74) is 2.91. The maximum atomic E-state index is 12.0. The molecule has 0 saturated heterocycles. The molecular weight excluding hydrogens is 340 g/mol. The maximum Gasteiger partial charge on any atom is 0.226 e. The van der Waals surface area contributed by atoms with Crippen molar-refractivity contribution in [1.82, 2.24) is 10.3 Å². The van der Waals surface area contributed by atoms with Crippen LogP contribution in [-0.4, -0.2) is 18.0 Å². The van der Waals surface area contributed by atoms with Crippen LogP contribution in [0.15, 0.2) is 59.0 Å². The van der Waals surface area contributed by atoms with E-state index in [1.54, 1.807) is 7.11 Å². The molecule has 1 amide bonds. The van der Waals surface area contributed by atoms with Crippen molar-refractivity contribution in [3.8, 4) is 17.2 Å². The van der Waals surface area contributed by atoms with Gasteiger partial charge in [0.15, 0.2) is 0 Å². The van der Waals surface area contributed by atoms with Crippen LogP contribution >= 0.6 is 0 Å². The van der Waals surface area contributed by atoms with Gasteiger partial charge in [-0.2, -0.15) is 0 Å². The van der Waals surface area contributed by atoms with Gasteiger partial charge >= 0.3 is 0 Å². The molecule has 27 heavy (non-hydrogen) atoms. The molecule has 5 heteroatoms. The molecule has 3 rings (SSSR count). The number of ether oxygens (including phenoxy) is 1. The largest absolute Gasteiger partial charge is 0.497 e. The first-order valence-corrected chi connectivity index (χ1v) is 9.07. The summed E-state index contributed by atoms with van der Waals surface area (Å²) in [5, 5.41) is 2.95. The van der Waals surface area contributed by atoms with E-state index in [4.69, 9.17) is 9.15 Å². The molecule has 0 fully saturated rings. The van der Waals surface area contributed by atoms with E-state index in [1.807, 2.05) is 61.5 Å². The molecule has 140 valence electrons. The fraction of sp³-hybridized carbons (Fsp3) is 0.273. The van der Waals surface area contributed by atoms with Crippen molar-refractivity contribution in [1.29, 1.82) is 0 Å². The topological polar surface area (TPSA) is 64.4 Å². The molecule has 0 aliphatic carbocycles. The van der Waals surface area contributed by atoms with E-state index >= 15 is 0 Å². The third kappa shape index (κ3) is 5.20. The van der Waals surface area contributed by atoms with Crippen LogP contribution in [0.4, 0.5) is 0 Å².